The van der Waals surface area contributed by atoms with Gasteiger partial charge in [-0.3, -0.25) is 72.3 Å². The number of fused-ring (bicyclic) bond motifs is 3. The normalized spacial score (nSPS) is 15.4. The number of ether oxygens (including phenoxy) is 5. The highest BCUT2D eigenvalue weighted by atomic mass is 35.5. The Balaban J connectivity index is 0.424. The number of imidazole rings is 3. The molecule has 40 nitrogen and oxygen atoms in total. The number of benzene rings is 2. The number of likely N-dealkylation sites (tertiary alicyclic amines) is 1. The van der Waals surface area contributed by atoms with Gasteiger partial charge in [-0.1, -0.05) is 23.7 Å². The van der Waals surface area contributed by atoms with Gasteiger partial charge in [0.05, 0.1) is 89.2 Å². The van der Waals surface area contributed by atoms with E-state index in [-0.39, 0.29) is 109 Å². The highest BCUT2D eigenvalue weighted by Crippen LogP contribution is 2.35. The number of halogens is 1. The fraction of sp³-hybridized carbons (Fsp3) is 0.506. The van der Waals surface area contributed by atoms with Gasteiger partial charge >= 0.3 is 0 Å². The zero-order chi connectivity index (χ0) is 87.6. The fourth-order valence-corrected chi connectivity index (χ4v) is 15.1. The van der Waals surface area contributed by atoms with Gasteiger partial charge in [0.25, 0.3) is 29.5 Å². The van der Waals surface area contributed by atoms with Gasteiger partial charge in [-0.05, 0) is 62.2 Å². The molecule has 0 radical (unpaired) electrons. The third-order valence-electron chi connectivity index (χ3n) is 21.8. The van der Waals surface area contributed by atoms with E-state index in [0.29, 0.717) is 87.5 Å². The number of methoxy groups -OCH3 is 1. The van der Waals surface area contributed by atoms with Gasteiger partial charge in [-0.25, -0.2) is 15.0 Å². The predicted octanol–water partition coefficient (Wildman–Crippen LogP) is 2.24. The average Bonchev–Trinajstić information content (AvgIpc) is 1.60. The molecule has 4 aliphatic rings. The molecule has 12 rings (SSSR count). The molecule has 0 unspecified atom stereocenters. The van der Waals surface area contributed by atoms with Crippen LogP contribution in [0, 0.1) is 6.92 Å². The number of amides is 9. The molecule has 0 spiro atoms. The van der Waals surface area contributed by atoms with E-state index in [1.54, 1.807) is 59.3 Å². The molecule has 6 aromatic heterocycles. The summed E-state index contributed by atoms with van der Waals surface area (Å²) < 4.78 is 38.5. The molecule has 0 bridgehead atoms. The van der Waals surface area contributed by atoms with Crippen LogP contribution in [-0.4, -0.2) is 326 Å². The number of aryl methyl sites for hydroxylation is 6. The molecule has 124 heavy (non-hydrogen) atoms. The van der Waals surface area contributed by atoms with Crippen molar-refractivity contribution < 1.29 is 66.8 Å². The summed E-state index contributed by atoms with van der Waals surface area (Å²) in [7, 11) is 9.73. The Kier molecular flexibility index (Phi) is 33.4. The molecule has 10 heterocycles. The van der Waals surface area contributed by atoms with Crippen LogP contribution in [0.5, 0.6) is 5.75 Å². The van der Waals surface area contributed by atoms with Crippen LogP contribution in [0.25, 0.3) is 5.69 Å². The van der Waals surface area contributed by atoms with Crippen molar-refractivity contribution in [3.05, 3.63) is 148 Å². The molecule has 41 heteroatoms. The van der Waals surface area contributed by atoms with Crippen molar-refractivity contribution in [1.82, 2.24) is 104 Å². The van der Waals surface area contributed by atoms with Crippen molar-refractivity contribution >= 4 is 93.5 Å². The summed E-state index contributed by atoms with van der Waals surface area (Å²) in [6.07, 6.45) is 10.7. The lowest BCUT2D eigenvalue weighted by Crippen LogP contribution is -2.52. The SMILES string of the molecule is COc1ccc2c(c1)C(c1ccc(Cl)cc1)=N[C@@H](CC(=O)NC1CCN(CCOCCOCCOCCN3CCN(CCN4CCN(CCOCCNC(=O)CCNC(=O)c5nc(NC(=O)CCNC(=O)c6cc(NC(=O)c7nc(NC(=O)CCNC(=O)c8cc(NC(=O)c9nccn9C)cn8C)cn7C)cn6C)cn5C)CC4)CC3)CC1)c1nnc(C)n1-2. The summed E-state index contributed by atoms with van der Waals surface area (Å²) in [5, 5.41) is 34.4. The number of nitrogens with zero attached hydrogens (tertiary/aromatic N) is 17. The summed E-state index contributed by atoms with van der Waals surface area (Å²) in [5.41, 5.74) is 4.39. The van der Waals surface area contributed by atoms with E-state index in [2.05, 4.69) is 97.5 Å². The topological polar surface area (TPSA) is 431 Å². The lowest BCUT2D eigenvalue weighted by atomic mass is 10.00. The zero-order valence-electron chi connectivity index (χ0n) is 71.3. The summed E-state index contributed by atoms with van der Waals surface area (Å²) in [6, 6.07) is 15.8. The first-order valence-corrected chi connectivity index (χ1v) is 42.2. The van der Waals surface area contributed by atoms with Gasteiger partial charge in [0.2, 0.25) is 35.3 Å². The number of aliphatic imine (C=N–C) groups is 1. The summed E-state index contributed by atoms with van der Waals surface area (Å²) in [4.78, 5) is 147. The number of rotatable bonds is 44. The third-order valence-corrected chi connectivity index (χ3v) is 22.1. The summed E-state index contributed by atoms with van der Waals surface area (Å²) >= 11 is 6.28. The van der Waals surface area contributed by atoms with E-state index in [1.807, 2.05) is 54.0 Å². The molecule has 4 aliphatic heterocycles. The van der Waals surface area contributed by atoms with Crippen molar-refractivity contribution in [3.63, 3.8) is 0 Å². The number of piperidine rings is 1. The van der Waals surface area contributed by atoms with Crippen molar-refractivity contribution in [2.45, 2.75) is 57.5 Å². The maximum atomic E-state index is 13.8. The quantitative estimate of drug-likeness (QED) is 0.0247. The lowest BCUT2D eigenvalue weighted by molar-refractivity contribution is -0.123. The number of hydrogen-bond donors (Lipinski definition) is 9. The summed E-state index contributed by atoms with van der Waals surface area (Å²) in [5.74, 6) is -1.53. The number of carbonyl (C=O) groups is 9. The Morgan fingerprint density at radius 2 is 0.952 bits per heavy atom. The Morgan fingerprint density at radius 3 is 1.48 bits per heavy atom. The van der Waals surface area contributed by atoms with Gasteiger partial charge in [0.1, 0.15) is 29.0 Å². The van der Waals surface area contributed by atoms with E-state index < -0.39 is 47.4 Å². The minimum atomic E-state index is -0.632. The number of nitrogens with one attached hydrogen (secondary N) is 9. The van der Waals surface area contributed by atoms with Crippen molar-refractivity contribution in [2.24, 2.45) is 40.2 Å². The Hall–Kier alpha value is -11.6. The minimum absolute atomic E-state index is 0.0129. The monoisotopic (exact) mass is 1730 g/mol. The largest absolute Gasteiger partial charge is 0.497 e. The first kappa shape index (κ1) is 91.6. The van der Waals surface area contributed by atoms with Crippen LogP contribution in [0.15, 0.2) is 96.8 Å². The maximum Gasteiger partial charge on any atom is 0.291 e. The molecule has 9 N–H and O–H groups in total. The van der Waals surface area contributed by atoms with Gasteiger partial charge in [-0.2, -0.15) is 0 Å². The molecule has 3 fully saturated rings. The maximum absolute atomic E-state index is 13.8. The van der Waals surface area contributed by atoms with Crippen molar-refractivity contribution in [1.29, 1.82) is 0 Å². The molecule has 1 atom stereocenters. The highest BCUT2D eigenvalue weighted by molar-refractivity contribution is 6.30. The first-order valence-electron chi connectivity index (χ1n) is 41.8. The van der Waals surface area contributed by atoms with Crippen LogP contribution < -0.4 is 52.6 Å². The fourth-order valence-electron chi connectivity index (χ4n) is 15.0. The molecule has 3 saturated heterocycles. The van der Waals surface area contributed by atoms with E-state index in [0.717, 1.165) is 134 Å². The van der Waals surface area contributed by atoms with Crippen LogP contribution in [-0.2, 0) is 73.4 Å². The second kappa shape index (κ2) is 45.2. The van der Waals surface area contributed by atoms with Gasteiger partial charge in [-0.15, -0.1) is 10.2 Å². The zero-order valence-corrected chi connectivity index (χ0v) is 72.1. The molecule has 0 aliphatic carbocycles. The minimum Gasteiger partial charge on any atom is -0.497 e. The molecule has 2 aromatic carbocycles. The van der Waals surface area contributed by atoms with Crippen LogP contribution >= 0.6 is 11.6 Å². The smallest absolute Gasteiger partial charge is 0.291 e. The molecule has 666 valence electrons. The Bertz CT molecular complexity index is 5010. The van der Waals surface area contributed by atoms with Crippen LogP contribution in [0.3, 0.4) is 0 Å². The van der Waals surface area contributed by atoms with E-state index in [9.17, 15) is 43.2 Å². The number of aromatic nitrogens is 11. The van der Waals surface area contributed by atoms with E-state index >= 15 is 0 Å². The lowest BCUT2D eigenvalue weighted by Gasteiger charge is -2.38. The second-order valence-corrected chi connectivity index (χ2v) is 31.3. The molecule has 9 amide bonds. The number of piperazine rings is 2. The van der Waals surface area contributed by atoms with Gasteiger partial charge < -0.3 is 99.3 Å². The van der Waals surface area contributed by atoms with Gasteiger partial charge in [0.15, 0.2) is 23.3 Å². The summed E-state index contributed by atoms with van der Waals surface area (Å²) in [6.45, 7) is 21.0. The second-order valence-electron chi connectivity index (χ2n) is 30.8. The predicted molar refractivity (Wildman–Crippen MR) is 461 cm³/mol. The third kappa shape index (κ3) is 26.2. The van der Waals surface area contributed by atoms with Crippen LogP contribution in [0.4, 0.5) is 23.0 Å². The van der Waals surface area contributed by atoms with E-state index in [1.165, 1.54) is 55.2 Å². The standard InChI is InChI=1S/C83H113ClN26O14/c1-56-98-99-75-64(93-74(57-8-10-58(84)11-9-57)63-50-62(120-7)12-13-65(63)110(56)75)51-73(114)90-59-17-24-105(25-18-59)37-42-122-44-46-124-47-45-123-43-39-109-35-31-107(32-36-109)28-27-106-29-33-108(34-30-106)38-41-121-40-23-85-70(111)14-19-89-81(117)77-96-68(54-103(77)5)94-71(112)15-20-88-80(116)67-49-61(53-102(67)4)92-83(119)78-97-69(55-104(78)6)95-72(113)16-21-87-79(115)66-48-60(52-101(66)3)91-82(118)76-86-22-26-100(76)2/h8-13,22,26,48-50,52-55,59,64H,14-21,23-25,27-47,51H2,1-7H3,(H,85,111)(H,87,115)(H,88,116)(H,89,117)(H,90,114)(H,91,118)(H,92,119)(H,94,112)(H,95,113)/t64-/m0/s1. The van der Waals surface area contributed by atoms with E-state index in [4.69, 9.17) is 40.3 Å². The van der Waals surface area contributed by atoms with Gasteiger partial charge in [0, 0.05) is 238 Å². The molecular weight excluding hydrogens is 1620 g/mol. The van der Waals surface area contributed by atoms with Crippen molar-refractivity contribution in [2.75, 3.05) is 206 Å². The number of hydrogen-bond acceptors (Lipinski definition) is 25. The molecule has 8 aromatic rings. The average molecular weight is 1730 g/mol. The molecular formula is C83H113ClN26O14. The highest BCUT2D eigenvalue weighted by Gasteiger charge is 2.33. The number of anilines is 4. The molecule has 0 saturated carbocycles. The first-order chi connectivity index (χ1) is 60.0. The number of carbonyl (C=O) groups excluding carboxylic acids is 9. The van der Waals surface area contributed by atoms with Crippen LogP contribution in [0.2, 0.25) is 5.02 Å². The van der Waals surface area contributed by atoms with Crippen LogP contribution in [0.1, 0.15) is 120 Å². The Labute approximate surface area is 723 Å². The Morgan fingerprint density at radius 1 is 0.468 bits per heavy atom. The van der Waals surface area contributed by atoms with Crippen molar-refractivity contribution in [3.8, 4) is 11.4 Å².